The molecule has 2 heterocycles. The van der Waals surface area contributed by atoms with Crippen LogP contribution in [0.1, 0.15) is 38.1 Å². The number of rotatable bonds is 6. The van der Waals surface area contributed by atoms with Crippen molar-refractivity contribution >= 4 is 27.7 Å². The van der Waals surface area contributed by atoms with E-state index in [-0.39, 0.29) is 0 Å². The lowest BCUT2D eigenvalue weighted by molar-refractivity contribution is 0.481. The Balaban J connectivity index is 2.14. The zero-order chi connectivity index (χ0) is 13.8. The van der Waals surface area contributed by atoms with Crippen molar-refractivity contribution in [1.82, 2.24) is 15.1 Å². The second-order valence-electron chi connectivity index (χ2n) is 5.10. The molecular weight excluding hydrogens is 322 g/mol. The highest BCUT2D eigenvalue weighted by Crippen LogP contribution is 2.31. The van der Waals surface area contributed by atoms with Crippen LogP contribution in [0.4, 0.5) is 0 Å². The van der Waals surface area contributed by atoms with Crippen LogP contribution in [-0.4, -0.2) is 33.4 Å². The Morgan fingerprint density at radius 2 is 2.32 bits per heavy atom. The molecule has 0 spiro atoms. The lowest BCUT2D eigenvalue weighted by atomic mass is 10.0. The van der Waals surface area contributed by atoms with Gasteiger partial charge in [-0.15, -0.1) is 0 Å². The summed E-state index contributed by atoms with van der Waals surface area (Å²) < 4.78 is 3.26. The monoisotopic (exact) mass is 345 g/mol. The normalized spacial score (nSPS) is 20.9. The third-order valence-corrected chi connectivity index (χ3v) is 6.23. The van der Waals surface area contributed by atoms with Crippen molar-refractivity contribution in [3.63, 3.8) is 0 Å². The summed E-state index contributed by atoms with van der Waals surface area (Å²) in [7, 11) is 2.06. The first-order chi connectivity index (χ1) is 9.17. The minimum Gasteiger partial charge on any atom is -0.313 e. The Labute approximate surface area is 129 Å². The van der Waals surface area contributed by atoms with E-state index in [1.807, 2.05) is 4.68 Å². The summed E-state index contributed by atoms with van der Waals surface area (Å²) in [6, 6.07) is 0.564. The number of hydrogen-bond donors (Lipinski definition) is 1. The molecule has 2 unspecified atom stereocenters. The molecule has 1 saturated heterocycles. The molecule has 5 heteroatoms. The Bertz CT molecular complexity index is 413. The van der Waals surface area contributed by atoms with E-state index >= 15 is 0 Å². The van der Waals surface area contributed by atoms with Crippen LogP contribution in [0, 0.1) is 0 Å². The van der Waals surface area contributed by atoms with Crippen LogP contribution in [0.3, 0.4) is 0 Å². The van der Waals surface area contributed by atoms with E-state index in [1.54, 1.807) is 0 Å². The van der Waals surface area contributed by atoms with E-state index < -0.39 is 0 Å². The first kappa shape index (κ1) is 15.4. The van der Waals surface area contributed by atoms with Gasteiger partial charge in [-0.05, 0) is 47.5 Å². The van der Waals surface area contributed by atoms with Gasteiger partial charge in [0.15, 0.2) is 0 Å². The largest absolute Gasteiger partial charge is 0.313 e. The molecule has 0 amide bonds. The first-order valence-corrected chi connectivity index (χ1v) is 9.06. The van der Waals surface area contributed by atoms with Crippen LogP contribution in [0.5, 0.6) is 0 Å². The number of aromatic nitrogens is 2. The van der Waals surface area contributed by atoms with E-state index in [1.165, 1.54) is 34.5 Å². The second kappa shape index (κ2) is 7.14. The van der Waals surface area contributed by atoms with E-state index in [4.69, 9.17) is 0 Å². The highest BCUT2D eigenvalue weighted by Gasteiger charge is 2.27. The summed E-state index contributed by atoms with van der Waals surface area (Å²) in [6.07, 6.45) is 4.76. The van der Waals surface area contributed by atoms with Gasteiger partial charge >= 0.3 is 0 Å². The lowest BCUT2D eigenvalue weighted by Gasteiger charge is -2.24. The van der Waals surface area contributed by atoms with Gasteiger partial charge in [-0.2, -0.15) is 16.9 Å². The summed E-state index contributed by atoms with van der Waals surface area (Å²) >= 11 is 5.86. The van der Waals surface area contributed by atoms with E-state index in [0.717, 1.165) is 24.6 Å². The van der Waals surface area contributed by atoms with Gasteiger partial charge in [0.05, 0.1) is 15.9 Å². The number of aryl methyl sites for hydroxylation is 2. The van der Waals surface area contributed by atoms with Crippen molar-refractivity contribution in [1.29, 1.82) is 0 Å². The molecule has 1 N–H and O–H groups in total. The van der Waals surface area contributed by atoms with Crippen LogP contribution in [0.25, 0.3) is 0 Å². The summed E-state index contributed by atoms with van der Waals surface area (Å²) in [4.78, 5) is 0. The Morgan fingerprint density at radius 3 is 2.84 bits per heavy atom. The molecule has 0 aromatic carbocycles. The maximum atomic E-state index is 4.60. The maximum absolute atomic E-state index is 4.60. The lowest BCUT2D eigenvalue weighted by Crippen LogP contribution is -2.39. The molecule has 108 valence electrons. The number of thioether (sulfide) groups is 1. The molecule has 2 rings (SSSR count). The third-order valence-electron chi connectivity index (χ3n) is 3.80. The number of halogens is 1. The summed E-state index contributed by atoms with van der Waals surface area (Å²) in [5.41, 5.74) is 2.50. The zero-order valence-corrected chi connectivity index (χ0v) is 14.5. The molecule has 0 radical (unpaired) electrons. The van der Waals surface area contributed by atoms with Gasteiger partial charge < -0.3 is 5.32 Å². The smallest absolute Gasteiger partial charge is 0.0766 e. The van der Waals surface area contributed by atoms with Crippen LogP contribution in [0.15, 0.2) is 4.47 Å². The highest BCUT2D eigenvalue weighted by atomic mass is 79.9. The van der Waals surface area contributed by atoms with Gasteiger partial charge in [0, 0.05) is 24.8 Å². The molecule has 0 bridgehead atoms. The van der Waals surface area contributed by atoms with Gasteiger partial charge in [-0.1, -0.05) is 13.8 Å². The first-order valence-electron chi connectivity index (χ1n) is 7.22. The number of nitrogens with one attached hydrogen (secondary N) is 1. The Kier molecular flexibility index (Phi) is 5.78. The molecule has 0 aliphatic carbocycles. The fourth-order valence-corrected chi connectivity index (χ4v) is 4.94. The summed E-state index contributed by atoms with van der Waals surface area (Å²) in [6.45, 7) is 5.39. The maximum Gasteiger partial charge on any atom is 0.0766 e. The van der Waals surface area contributed by atoms with Gasteiger partial charge in [0.2, 0.25) is 0 Å². The van der Waals surface area contributed by atoms with Gasteiger partial charge in [0.1, 0.15) is 0 Å². The van der Waals surface area contributed by atoms with Crippen molar-refractivity contribution < 1.29 is 0 Å². The quantitative estimate of drug-likeness (QED) is 0.858. The molecule has 1 aliphatic rings. The number of hydrogen-bond acceptors (Lipinski definition) is 3. The molecule has 19 heavy (non-hydrogen) atoms. The summed E-state index contributed by atoms with van der Waals surface area (Å²) in [5.74, 6) is 1.32. The standard InChI is InChI=1S/C14H24BrN3S/c1-4-10-14(15)12(18(3)17-10)9-11(16-5-2)13-7-6-8-19-13/h11,13,16H,4-9H2,1-3H3. The average Bonchev–Trinajstić information content (AvgIpc) is 3.01. The zero-order valence-electron chi connectivity index (χ0n) is 12.1. The minimum atomic E-state index is 0.564. The van der Waals surface area contributed by atoms with Crippen molar-refractivity contribution in [3.05, 3.63) is 15.9 Å². The predicted molar refractivity (Wildman–Crippen MR) is 86.9 cm³/mol. The third kappa shape index (κ3) is 3.56. The summed E-state index contributed by atoms with van der Waals surface area (Å²) in [5, 5.41) is 9.03. The van der Waals surface area contributed by atoms with Crippen LogP contribution in [0.2, 0.25) is 0 Å². The fraction of sp³-hybridized carbons (Fsp3) is 0.786. The molecule has 1 aliphatic heterocycles. The minimum absolute atomic E-state index is 0.564. The second-order valence-corrected chi connectivity index (χ2v) is 7.24. The van der Waals surface area contributed by atoms with E-state index in [2.05, 4.69) is 59.0 Å². The van der Waals surface area contributed by atoms with E-state index in [9.17, 15) is 0 Å². The van der Waals surface area contributed by atoms with Crippen molar-refractivity contribution in [2.45, 2.75) is 50.8 Å². The molecule has 1 aromatic rings. The molecule has 0 saturated carbocycles. The Hall–Kier alpha value is -0.000000000000000111. The van der Waals surface area contributed by atoms with Crippen molar-refractivity contribution in [3.8, 4) is 0 Å². The average molecular weight is 346 g/mol. The molecule has 1 fully saturated rings. The van der Waals surface area contributed by atoms with Crippen LogP contribution in [-0.2, 0) is 19.9 Å². The topological polar surface area (TPSA) is 29.9 Å². The molecule has 1 aromatic heterocycles. The van der Waals surface area contributed by atoms with Gasteiger partial charge in [-0.3, -0.25) is 4.68 Å². The highest BCUT2D eigenvalue weighted by molar-refractivity contribution is 9.10. The van der Waals surface area contributed by atoms with Crippen molar-refractivity contribution in [2.24, 2.45) is 7.05 Å². The SMILES string of the molecule is CCNC(Cc1c(Br)c(CC)nn1C)C1CCCS1. The van der Waals surface area contributed by atoms with Gasteiger partial charge in [-0.25, -0.2) is 0 Å². The van der Waals surface area contributed by atoms with Gasteiger partial charge in [0.25, 0.3) is 0 Å². The molecular formula is C14H24BrN3S. The number of nitrogens with zero attached hydrogens (tertiary/aromatic N) is 2. The van der Waals surface area contributed by atoms with Crippen LogP contribution >= 0.6 is 27.7 Å². The fourth-order valence-electron chi connectivity index (χ4n) is 2.77. The molecule has 3 nitrogen and oxygen atoms in total. The molecule has 2 atom stereocenters. The predicted octanol–water partition coefficient (Wildman–Crippen LogP) is 3.16. The van der Waals surface area contributed by atoms with Crippen molar-refractivity contribution in [2.75, 3.05) is 12.3 Å². The number of likely N-dealkylation sites (N-methyl/N-ethyl adjacent to an activating group) is 1. The van der Waals surface area contributed by atoms with Crippen LogP contribution < -0.4 is 5.32 Å². The Morgan fingerprint density at radius 1 is 1.53 bits per heavy atom. The van der Waals surface area contributed by atoms with E-state index in [0.29, 0.717) is 6.04 Å².